The Balaban J connectivity index is 2.57. The van der Waals surface area contributed by atoms with Crippen LogP contribution in [0.25, 0.3) is 0 Å². The number of ether oxygens (including phenoxy) is 4. The summed E-state index contributed by atoms with van der Waals surface area (Å²) in [4.78, 5) is 23.3. The number of halogens is 4. The average Bonchev–Trinajstić information content (AvgIpc) is 2.66. The van der Waals surface area contributed by atoms with E-state index in [9.17, 15) is 22.8 Å². The molecule has 0 bridgehead atoms. The molecule has 6 nitrogen and oxygen atoms in total. The quantitative estimate of drug-likeness (QED) is 0.455. The van der Waals surface area contributed by atoms with Gasteiger partial charge in [-0.1, -0.05) is 23.7 Å². The molecule has 29 heavy (non-hydrogen) atoms. The Morgan fingerprint density at radius 1 is 1.07 bits per heavy atom. The molecular weight excluding hydrogens is 417 g/mol. The van der Waals surface area contributed by atoms with Gasteiger partial charge in [-0.05, 0) is 37.1 Å². The Hall–Kier alpha value is -2.68. The monoisotopic (exact) mass is 434 g/mol. The normalized spacial score (nSPS) is 19.4. The maximum Gasteiger partial charge on any atom is 0.513 e. The van der Waals surface area contributed by atoms with Crippen molar-refractivity contribution in [1.82, 2.24) is 0 Å². The van der Waals surface area contributed by atoms with Crippen molar-refractivity contribution >= 4 is 23.9 Å². The van der Waals surface area contributed by atoms with Crippen LogP contribution in [0.3, 0.4) is 0 Å². The van der Waals surface area contributed by atoms with Crippen molar-refractivity contribution in [3.63, 3.8) is 0 Å². The zero-order valence-electron chi connectivity index (χ0n) is 15.9. The number of hydrogen-bond acceptors (Lipinski definition) is 6. The van der Waals surface area contributed by atoms with Crippen LogP contribution in [-0.2, 0) is 25.1 Å². The second-order valence-electron chi connectivity index (χ2n) is 6.18. The van der Waals surface area contributed by atoms with Crippen molar-refractivity contribution in [3.05, 3.63) is 57.3 Å². The maximum absolute atomic E-state index is 13.3. The first kappa shape index (κ1) is 22.6. The van der Waals surface area contributed by atoms with Crippen molar-refractivity contribution in [1.29, 1.82) is 0 Å². The molecule has 0 saturated heterocycles. The van der Waals surface area contributed by atoms with E-state index in [0.29, 0.717) is 11.1 Å². The summed E-state index contributed by atoms with van der Waals surface area (Å²) in [5.41, 5.74) is -0.0329. The molecule has 0 spiro atoms. The number of allylic oxidation sites excluding steroid dienone is 1. The fourth-order valence-electron chi connectivity index (χ4n) is 2.94. The first-order valence-corrected chi connectivity index (χ1v) is 8.63. The zero-order valence-corrected chi connectivity index (χ0v) is 16.7. The highest BCUT2D eigenvalue weighted by atomic mass is 35.5. The van der Waals surface area contributed by atoms with E-state index in [1.807, 2.05) is 0 Å². The highest BCUT2D eigenvalue weighted by Crippen LogP contribution is 2.42. The number of hydrogen-bond donors (Lipinski definition) is 0. The van der Waals surface area contributed by atoms with E-state index < -0.39 is 41.1 Å². The molecule has 0 fully saturated rings. The highest BCUT2D eigenvalue weighted by Gasteiger charge is 2.37. The lowest BCUT2D eigenvalue weighted by Gasteiger charge is -2.30. The molecule has 1 aliphatic rings. The first-order chi connectivity index (χ1) is 13.5. The third-order valence-electron chi connectivity index (χ3n) is 4.30. The molecule has 2 unspecified atom stereocenters. The summed E-state index contributed by atoms with van der Waals surface area (Å²) in [6.07, 6.45) is -6.10. The largest absolute Gasteiger partial charge is 0.513 e. The zero-order chi connectivity index (χ0) is 21.9. The second-order valence-corrected chi connectivity index (χ2v) is 6.59. The van der Waals surface area contributed by atoms with Gasteiger partial charge in [0.2, 0.25) is 0 Å². The van der Waals surface area contributed by atoms with Gasteiger partial charge in [-0.3, -0.25) is 0 Å². The number of carbonyl (C=O) groups is 2. The average molecular weight is 435 g/mol. The number of rotatable bonds is 3. The second kappa shape index (κ2) is 8.77. The van der Waals surface area contributed by atoms with Gasteiger partial charge in [-0.25, -0.2) is 9.59 Å². The standard InChI is InChI=1S/C19H18ClF3O6/c1-9-7-12(11-5-6-14(20)13(8-11)19(21,22)23)16(29-18(25)27-4)10(2)15(9)28-17(24)26-3/h5-8,12,15H,1-4H3. The van der Waals surface area contributed by atoms with E-state index in [-0.39, 0.29) is 11.3 Å². The number of methoxy groups -OCH3 is 2. The SMILES string of the molecule is COC(=O)OC1=C(C)C(OC(=O)OC)C(C)=CC1c1ccc(Cl)c(C(F)(F)F)c1. The lowest BCUT2D eigenvalue weighted by atomic mass is 9.84. The Morgan fingerprint density at radius 3 is 2.24 bits per heavy atom. The molecule has 0 saturated carbocycles. The first-order valence-electron chi connectivity index (χ1n) is 8.25. The van der Waals surface area contributed by atoms with Crippen molar-refractivity contribution in [2.45, 2.75) is 32.0 Å². The van der Waals surface area contributed by atoms with Crippen LogP contribution < -0.4 is 0 Å². The molecule has 0 heterocycles. The maximum atomic E-state index is 13.3. The third kappa shape index (κ3) is 5.03. The van der Waals surface area contributed by atoms with E-state index in [1.165, 1.54) is 19.1 Å². The van der Waals surface area contributed by atoms with E-state index in [4.69, 9.17) is 21.1 Å². The third-order valence-corrected chi connectivity index (χ3v) is 4.63. The van der Waals surface area contributed by atoms with Crippen LogP contribution in [0.1, 0.15) is 30.9 Å². The van der Waals surface area contributed by atoms with Crippen molar-refractivity contribution in [2.24, 2.45) is 0 Å². The number of benzene rings is 1. The van der Waals surface area contributed by atoms with Crippen LogP contribution in [-0.4, -0.2) is 32.6 Å². The van der Waals surface area contributed by atoms with Gasteiger partial charge in [0, 0.05) is 5.57 Å². The summed E-state index contributed by atoms with van der Waals surface area (Å²) in [6.45, 7) is 3.15. The van der Waals surface area contributed by atoms with Gasteiger partial charge in [-0.2, -0.15) is 13.2 Å². The van der Waals surface area contributed by atoms with E-state index >= 15 is 0 Å². The predicted molar refractivity (Wildman–Crippen MR) is 96.4 cm³/mol. The molecule has 10 heteroatoms. The van der Waals surface area contributed by atoms with E-state index in [0.717, 1.165) is 26.4 Å². The van der Waals surface area contributed by atoms with Crippen LogP contribution >= 0.6 is 11.6 Å². The minimum Gasteiger partial charge on any atom is -0.438 e. The van der Waals surface area contributed by atoms with Gasteiger partial charge >= 0.3 is 18.5 Å². The van der Waals surface area contributed by atoms with E-state index in [1.54, 1.807) is 6.92 Å². The van der Waals surface area contributed by atoms with Gasteiger partial charge in [-0.15, -0.1) is 0 Å². The van der Waals surface area contributed by atoms with Gasteiger partial charge in [0.1, 0.15) is 5.76 Å². The van der Waals surface area contributed by atoms with E-state index in [2.05, 4.69) is 9.47 Å². The summed E-state index contributed by atoms with van der Waals surface area (Å²) in [5, 5.41) is -0.458. The lowest BCUT2D eigenvalue weighted by Crippen LogP contribution is -2.28. The van der Waals surface area contributed by atoms with Crippen LogP contribution in [0.2, 0.25) is 5.02 Å². The Morgan fingerprint density at radius 2 is 1.69 bits per heavy atom. The number of carbonyl (C=O) groups excluding carboxylic acids is 2. The van der Waals surface area contributed by atoms with Gasteiger partial charge in [0.05, 0.1) is 30.7 Å². The Bertz CT molecular complexity index is 875. The van der Waals surface area contributed by atoms with Crippen LogP contribution in [0.5, 0.6) is 0 Å². The smallest absolute Gasteiger partial charge is 0.438 e. The van der Waals surface area contributed by atoms with Crippen molar-refractivity contribution in [3.8, 4) is 0 Å². The van der Waals surface area contributed by atoms with Crippen molar-refractivity contribution in [2.75, 3.05) is 14.2 Å². The Kier molecular flexibility index (Phi) is 6.84. The minimum atomic E-state index is -4.67. The molecule has 158 valence electrons. The summed E-state index contributed by atoms with van der Waals surface area (Å²) in [5.74, 6) is -0.892. The predicted octanol–water partition coefficient (Wildman–Crippen LogP) is 5.61. The molecule has 0 radical (unpaired) electrons. The lowest BCUT2D eigenvalue weighted by molar-refractivity contribution is -0.137. The summed E-state index contributed by atoms with van der Waals surface area (Å²) in [7, 11) is 2.22. The summed E-state index contributed by atoms with van der Waals surface area (Å²) >= 11 is 5.69. The van der Waals surface area contributed by atoms with Gasteiger partial charge < -0.3 is 18.9 Å². The van der Waals surface area contributed by atoms with Gasteiger partial charge in [0.25, 0.3) is 0 Å². The van der Waals surface area contributed by atoms with Crippen molar-refractivity contribution < 1.29 is 41.7 Å². The topological polar surface area (TPSA) is 71.1 Å². The molecule has 1 aromatic rings. The summed E-state index contributed by atoms with van der Waals surface area (Å²) < 4.78 is 59.1. The molecule has 0 N–H and O–H groups in total. The van der Waals surface area contributed by atoms with Crippen LogP contribution in [0.15, 0.2) is 41.2 Å². The molecular formula is C19H18ClF3O6. The highest BCUT2D eigenvalue weighted by molar-refractivity contribution is 6.31. The molecule has 1 aromatic carbocycles. The van der Waals surface area contributed by atoms with Crippen LogP contribution in [0, 0.1) is 0 Å². The molecule has 0 amide bonds. The summed E-state index contributed by atoms with van der Waals surface area (Å²) in [6, 6.07) is 3.39. The molecule has 0 aliphatic heterocycles. The minimum absolute atomic E-state index is 0.0215. The molecule has 2 rings (SSSR count). The fourth-order valence-corrected chi connectivity index (χ4v) is 3.17. The fraction of sp³-hybridized carbons (Fsp3) is 0.368. The Labute approximate surface area is 169 Å². The van der Waals surface area contributed by atoms with Gasteiger partial charge in [0.15, 0.2) is 6.10 Å². The molecule has 1 aliphatic carbocycles. The molecule has 2 atom stereocenters. The number of alkyl halides is 3. The molecule has 0 aromatic heterocycles. The van der Waals surface area contributed by atoms with Crippen LogP contribution in [0.4, 0.5) is 22.8 Å².